The number of benzene rings is 2. The minimum Gasteiger partial charge on any atom is -0.348 e. The number of amides is 1. The highest BCUT2D eigenvalue weighted by molar-refractivity contribution is 9.10. The predicted octanol–water partition coefficient (Wildman–Crippen LogP) is 3.63. The molecule has 2 aromatic carbocycles. The normalized spacial score (nSPS) is 13.5. The highest BCUT2D eigenvalue weighted by atomic mass is 79.9. The number of nitrogens with one attached hydrogen (secondary N) is 1. The van der Waals surface area contributed by atoms with E-state index in [1.807, 2.05) is 62.4 Å². The van der Waals surface area contributed by atoms with Gasteiger partial charge in [0, 0.05) is 4.47 Å². The van der Waals surface area contributed by atoms with Crippen molar-refractivity contribution in [3.8, 4) is 0 Å². The van der Waals surface area contributed by atoms with Gasteiger partial charge in [-0.05, 0) is 37.1 Å². The Bertz CT molecular complexity index is 608. The average Bonchev–Trinajstić information content (AvgIpc) is 2.47. The number of hydrogen-bond donors (Lipinski definition) is 2. The van der Waals surface area contributed by atoms with Crippen molar-refractivity contribution >= 4 is 21.8 Å². The second-order valence-electron chi connectivity index (χ2n) is 5.17. The predicted molar refractivity (Wildman–Crippen MR) is 88.8 cm³/mol. The molecule has 3 N–H and O–H groups in total. The quantitative estimate of drug-likeness (QED) is 0.887. The van der Waals surface area contributed by atoms with Gasteiger partial charge in [0.2, 0.25) is 5.91 Å². The van der Waals surface area contributed by atoms with Gasteiger partial charge in [-0.15, -0.1) is 0 Å². The van der Waals surface area contributed by atoms with E-state index in [9.17, 15) is 4.79 Å². The molecule has 1 unspecified atom stereocenters. The van der Waals surface area contributed by atoms with E-state index in [1.165, 1.54) is 0 Å². The van der Waals surface area contributed by atoms with E-state index >= 15 is 0 Å². The summed E-state index contributed by atoms with van der Waals surface area (Å²) in [5, 5.41) is 2.95. The first-order valence-corrected chi connectivity index (χ1v) is 7.64. The summed E-state index contributed by atoms with van der Waals surface area (Å²) in [6.07, 6.45) is 0. The van der Waals surface area contributed by atoms with Gasteiger partial charge in [0.25, 0.3) is 0 Å². The van der Waals surface area contributed by atoms with Crippen LogP contribution in [0.1, 0.15) is 35.7 Å². The number of nitrogens with two attached hydrogens (primary N) is 1. The first kappa shape index (κ1) is 15.7. The van der Waals surface area contributed by atoms with E-state index < -0.39 is 6.04 Å². The molecule has 2 rings (SSSR count). The van der Waals surface area contributed by atoms with Gasteiger partial charge in [-0.3, -0.25) is 4.79 Å². The maximum Gasteiger partial charge on any atom is 0.241 e. The number of aryl methyl sites for hydroxylation is 1. The van der Waals surface area contributed by atoms with Gasteiger partial charge in [-0.1, -0.05) is 57.9 Å². The summed E-state index contributed by atoms with van der Waals surface area (Å²) in [6.45, 7) is 3.95. The van der Waals surface area contributed by atoms with Crippen molar-refractivity contribution < 1.29 is 4.79 Å². The Labute approximate surface area is 133 Å². The van der Waals surface area contributed by atoms with Gasteiger partial charge in [-0.2, -0.15) is 0 Å². The number of halogens is 1. The smallest absolute Gasteiger partial charge is 0.241 e. The van der Waals surface area contributed by atoms with E-state index in [0.717, 1.165) is 21.2 Å². The van der Waals surface area contributed by atoms with E-state index in [2.05, 4.69) is 21.2 Å². The summed E-state index contributed by atoms with van der Waals surface area (Å²) >= 11 is 3.40. The molecular weight excluding hydrogens is 328 g/mol. The standard InChI is InChI=1S/C17H19BrN2O/c1-11-3-5-14(6-4-11)16(19)17(21)20-12(2)13-7-9-15(18)10-8-13/h3-10,12,16H,19H2,1-2H3,(H,20,21)/t12-,16?/m0/s1. The molecule has 2 atom stereocenters. The number of hydrogen-bond acceptors (Lipinski definition) is 2. The zero-order valence-corrected chi connectivity index (χ0v) is 13.7. The van der Waals surface area contributed by atoms with Crippen molar-refractivity contribution in [2.45, 2.75) is 25.9 Å². The number of rotatable bonds is 4. The van der Waals surface area contributed by atoms with Crippen LogP contribution in [0.5, 0.6) is 0 Å². The molecule has 21 heavy (non-hydrogen) atoms. The lowest BCUT2D eigenvalue weighted by molar-refractivity contribution is -0.123. The molecule has 110 valence electrons. The third-order valence-electron chi connectivity index (χ3n) is 3.45. The minimum atomic E-state index is -0.650. The molecule has 0 aliphatic rings. The average molecular weight is 347 g/mol. The molecule has 0 fully saturated rings. The van der Waals surface area contributed by atoms with E-state index in [0.29, 0.717) is 0 Å². The molecule has 0 saturated carbocycles. The van der Waals surface area contributed by atoms with Crippen molar-refractivity contribution in [3.05, 3.63) is 69.7 Å². The number of carbonyl (C=O) groups excluding carboxylic acids is 1. The molecule has 0 aliphatic heterocycles. The highest BCUT2D eigenvalue weighted by Gasteiger charge is 2.18. The summed E-state index contributed by atoms with van der Waals surface area (Å²) in [7, 11) is 0. The largest absolute Gasteiger partial charge is 0.348 e. The van der Waals surface area contributed by atoms with Crippen LogP contribution in [0.3, 0.4) is 0 Å². The van der Waals surface area contributed by atoms with E-state index in [-0.39, 0.29) is 11.9 Å². The fourth-order valence-corrected chi connectivity index (χ4v) is 2.33. The zero-order chi connectivity index (χ0) is 15.4. The molecule has 0 bridgehead atoms. The summed E-state index contributed by atoms with van der Waals surface area (Å²) < 4.78 is 1.01. The van der Waals surface area contributed by atoms with Crippen molar-refractivity contribution in [1.29, 1.82) is 0 Å². The van der Waals surface area contributed by atoms with Crippen LogP contribution in [0.25, 0.3) is 0 Å². The minimum absolute atomic E-state index is 0.0814. The lowest BCUT2D eigenvalue weighted by Crippen LogP contribution is -2.35. The monoisotopic (exact) mass is 346 g/mol. The van der Waals surface area contributed by atoms with Gasteiger partial charge in [-0.25, -0.2) is 0 Å². The summed E-state index contributed by atoms with van der Waals surface area (Å²) in [6, 6.07) is 14.8. The summed E-state index contributed by atoms with van der Waals surface area (Å²) in [4.78, 5) is 12.2. The fourth-order valence-electron chi connectivity index (χ4n) is 2.06. The molecule has 0 spiro atoms. The van der Waals surface area contributed by atoms with Crippen LogP contribution in [-0.4, -0.2) is 5.91 Å². The maximum absolute atomic E-state index is 12.2. The molecule has 0 radical (unpaired) electrons. The lowest BCUT2D eigenvalue weighted by Gasteiger charge is -2.18. The summed E-state index contributed by atoms with van der Waals surface area (Å²) in [5.74, 6) is -0.172. The Balaban J connectivity index is 2.03. The highest BCUT2D eigenvalue weighted by Crippen LogP contribution is 2.18. The molecule has 0 saturated heterocycles. The molecule has 3 nitrogen and oxygen atoms in total. The lowest BCUT2D eigenvalue weighted by atomic mass is 10.0. The Morgan fingerprint density at radius 1 is 1.05 bits per heavy atom. The van der Waals surface area contributed by atoms with Crippen molar-refractivity contribution in [2.75, 3.05) is 0 Å². The van der Waals surface area contributed by atoms with Gasteiger partial charge >= 0.3 is 0 Å². The Morgan fingerprint density at radius 2 is 1.57 bits per heavy atom. The third-order valence-corrected chi connectivity index (χ3v) is 3.98. The molecule has 0 heterocycles. The van der Waals surface area contributed by atoms with Gasteiger partial charge in [0.05, 0.1) is 6.04 Å². The third kappa shape index (κ3) is 4.16. The van der Waals surface area contributed by atoms with Crippen LogP contribution in [0, 0.1) is 6.92 Å². The molecule has 4 heteroatoms. The van der Waals surface area contributed by atoms with Crippen LogP contribution in [0.2, 0.25) is 0 Å². The van der Waals surface area contributed by atoms with Crippen molar-refractivity contribution in [3.63, 3.8) is 0 Å². The van der Waals surface area contributed by atoms with Crippen LogP contribution >= 0.6 is 15.9 Å². The van der Waals surface area contributed by atoms with Crippen molar-refractivity contribution in [1.82, 2.24) is 5.32 Å². The SMILES string of the molecule is Cc1ccc(C(N)C(=O)N[C@@H](C)c2ccc(Br)cc2)cc1. The molecular formula is C17H19BrN2O. The van der Waals surface area contributed by atoms with E-state index in [4.69, 9.17) is 5.73 Å². The Hall–Kier alpha value is -1.65. The molecule has 0 aromatic heterocycles. The van der Waals surface area contributed by atoms with Gasteiger partial charge < -0.3 is 11.1 Å². The second kappa shape index (κ2) is 6.87. The Morgan fingerprint density at radius 3 is 2.14 bits per heavy atom. The molecule has 0 aliphatic carbocycles. The van der Waals surface area contributed by atoms with Crippen LogP contribution in [0.4, 0.5) is 0 Å². The molecule has 2 aromatic rings. The molecule has 1 amide bonds. The van der Waals surface area contributed by atoms with Crippen LogP contribution in [0.15, 0.2) is 53.0 Å². The van der Waals surface area contributed by atoms with Crippen LogP contribution < -0.4 is 11.1 Å². The van der Waals surface area contributed by atoms with Gasteiger partial charge in [0.15, 0.2) is 0 Å². The van der Waals surface area contributed by atoms with Gasteiger partial charge in [0.1, 0.15) is 6.04 Å². The van der Waals surface area contributed by atoms with Crippen LogP contribution in [-0.2, 0) is 4.79 Å². The fraction of sp³-hybridized carbons (Fsp3) is 0.235. The van der Waals surface area contributed by atoms with E-state index in [1.54, 1.807) is 0 Å². The summed E-state index contributed by atoms with van der Waals surface area (Å²) in [5.41, 5.74) is 9.03. The Kier molecular flexibility index (Phi) is 5.15. The first-order chi connectivity index (χ1) is 9.97. The second-order valence-corrected chi connectivity index (χ2v) is 6.09. The maximum atomic E-state index is 12.2. The zero-order valence-electron chi connectivity index (χ0n) is 12.1. The topological polar surface area (TPSA) is 55.1 Å². The number of carbonyl (C=O) groups is 1. The first-order valence-electron chi connectivity index (χ1n) is 6.85. The van der Waals surface area contributed by atoms with Crippen molar-refractivity contribution in [2.24, 2.45) is 5.73 Å².